The van der Waals surface area contributed by atoms with Crippen LogP contribution < -0.4 is 0 Å². The molecule has 0 fully saturated rings. The topological polar surface area (TPSA) is 54.4 Å². The number of carboxylic acids is 1. The third-order valence-corrected chi connectivity index (χ3v) is 3.77. The van der Waals surface area contributed by atoms with Gasteiger partial charge in [-0.25, -0.2) is 0 Å². The minimum atomic E-state index is -4.92. The van der Waals surface area contributed by atoms with E-state index in [9.17, 15) is 22.2 Å². The summed E-state index contributed by atoms with van der Waals surface area (Å²) >= 11 is 5.57. The summed E-state index contributed by atoms with van der Waals surface area (Å²) in [6.45, 7) is 0. The lowest BCUT2D eigenvalue weighted by molar-refractivity contribution is -0.188. The molecule has 100 valence electrons. The van der Waals surface area contributed by atoms with Crippen LogP contribution in [0.5, 0.6) is 0 Å². The van der Waals surface area contributed by atoms with Crippen LogP contribution in [0.25, 0.3) is 0 Å². The number of carboxylic acid groups (broad SMARTS) is 1. The van der Waals surface area contributed by atoms with E-state index >= 15 is 0 Å². The Balaban J connectivity index is 2.86. The fraction of sp³-hybridized carbons (Fsp3) is 0.300. The summed E-state index contributed by atoms with van der Waals surface area (Å²) in [4.78, 5) is 10.6. The van der Waals surface area contributed by atoms with Crippen LogP contribution in [0.2, 0.25) is 5.02 Å². The van der Waals surface area contributed by atoms with Crippen molar-refractivity contribution >= 4 is 28.4 Å². The van der Waals surface area contributed by atoms with Gasteiger partial charge in [0.25, 0.3) is 0 Å². The average molecular weight is 301 g/mol. The molecule has 1 aromatic carbocycles. The second-order valence-corrected chi connectivity index (χ2v) is 5.33. The molecule has 0 saturated carbocycles. The summed E-state index contributed by atoms with van der Waals surface area (Å²) in [5.41, 5.74) is 0. The van der Waals surface area contributed by atoms with Crippen molar-refractivity contribution in [1.29, 1.82) is 0 Å². The fourth-order valence-electron chi connectivity index (χ4n) is 1.14. The molecule has 0 spiro atoms. The van der Waals surface area contributed by atoms with Crippen LogP contribution in [0.3, 0.4) is 0 Å². The van der Waals surface area contributed by atoms with Crippen molar-refractivity contribution in [3.05, 3.63) is 29.3 Å². The maximum Gasteiger partial charge on any atom is 0.403 e. The van der Waals surface area contributed by atoms with Crippen LogP contribution in [0.15, 0.2) is 29.2 Å². The van der Waals surface area contributed by atoms with E-state index in [1.54, 1.807) is 0 Å². The van der Waals surface area contributed by atoms with E-state index in [0.717, 1.165) is 0 Å². The maximum atomic E-state index is 12.4. The maximum absolute atomic E-state index is 12.4. The van der Waals surface area contributed by atoms with Gasteiger partial charge in [0.15, 0.2) is 5.92 Å². The largest absolute Gasteiger partial charge is 0.481 e. The molecular weight excluding hydrogens is 293 g/mol. The molecule has 0 saturated heterocycles. The number of aliphatic carboxylic acids is 1. The molecular formula is C10H8ClF3O3S. The summed E-state index contributed by atoms with van der Waals surface area (Å²) in [7, 11) is -2.05. The average Bonchev–Trinajstić information content (AvgIpc) is 2.24. The van der Waals surface area contributed by atoms with Crippen molar-refractivity contribution in [3.8, 4) is 0 Å². The van der Waals surface area contributed by atoms with E-state index in [0.29, 0.717) is 5.02 Å². The predicted octanol–water partition coefficient (Wildman–Crippen LogP) is 2.71. The molecule has 0 radical (unpaired) electrons. The minimum Gasteiger partial charge on any atom is -0.481 e. The van der Waals surface area contributed by atoms with Crippen LogP contribution in [0.4, 0.5) is 13.2 Å². The Morgan fingerprint density at radius 1 is 1.33 bits per heavy atom. The minimum absolute atomic E-state index is 0.106. The van der Waals surface area contributed by atoms with Gasteiger partial charge >= 0.3 is 12.1 Å². The van der Waals surface area contributed by atoms with Crippen molar-refractivity contribution < 1.29 is 27.3 Å². The Morgan fingerprint density at radius 3 is 2.22 bits per heavy atom. The Bertz CT molecular complexity index is 458. The van der Waals surface area contributed by atoms with Gasteiger partial charge in [-0.2, -0.15) is 13.2 Å². The van der Waals surface area contributed by atoms with Gasteiger partial charge in [0.2, 0.25) is 0 Å². The zero-order chi connectivity index (χ0) is 13.9. The second-order valence-electron chi connectivity index (χ2n) is 3.40. The number of alkyl halides is 3. The molecule has 1 aromatic rings. The SMILES string of the molecule is O=C(O)C(CS(=O)c1ccc(Cl)cc1)C(F)(F)F. The van der Waals surface area contributed by atoms with Crippen LogP contribution in [-0.4, -0.2) is 27.2 Å². The molecule has 1 N–H and O–H groups in total. The molecule has 0 heterocycles. The Kier molecular flexibility index (Phi) is 4.75. The number of benzene rings is 1. The first-order valence-electron chi connectivity index (χ1n) is 4.65. The zero-order valence-corrected chi connectivity index (χ0v) is 10.4. The van der Waals surface area contributed by atoms with Gasteiger partial charge in [-0.05, 0) is 24.3 Å². The van der Waals surface area contributed by atoms with E-state index in [1.165, 1.54) is 24.3 Å². The molecule has 2 atom stereocenters. The van der Waals surface area contributed by atoms with Crippen molar-refractivity contribution in [1.82, 2.24) is 0 Å². The highest BCUT2D eigenvalue weighted by molar-refractivity contribution is 7.85. The zero-order valence-electron chi connectivity index (χ0n) is 8.78. The quantitative estimate of drug-likeness (QED) is 0.930. The van der Waals surface area contributed by atoms with E-state index in [-0.39, 0.29) is 4.90 Å². The molecule has 3 nitrogen and oxygen atoms in total. The molecule has 0 amide bonds. The van der Waals surface area contributed by atoms with Crippen LogP contribution >= 0.6 is 11.6 Å². The number of carbonyl (C=O) groups is 1. The van der Waals surface area contributed by atoms with Crippen molar-refractivity contribution in [2.24, 2.45) is 5.92 Å². The first kappa shape index (κ1) is 15.0. The molecule has 8 heteroatoms. The van der Waals surface area contributed by atoms with Gasteiger partial charge in [-0.1, -0.05) is 11.6 Å². The normalized spacial score (nSPS) is 15.1. The number of rotatable bonds is 4. The fourth-order valence-corrected chi connectivity index (χ4v) is 2.53. The molecule has 1 rings (SSSR count). The number of hydrogen-bond acceptors (Lipinski definition) is 2. The molecule has 18 heavy (non-hydrogen) atoms. The Labute approximate surface area is 108 Å². The van der Waals surface area contributed by atoms with Gasteiger partial charge in [-0.3, -0.25) is 9.00 Å². The van der Waals surface area contributed by atoms with Gasteiger partial charge in [0.1, 0.15) is 0 Å². The van der Waals surface area contributed by atoms with E-state index in [4.69, 9.17) is 16.7 Å². The van der Waals surface area contributed by atoms with Gasteiger partial charge < -0.3 is 5.11 Å². The first-order chi connectivity index (χ1) is 8.21. The number of hydrogen-bond donors (Lipinski definition) is 1. The summed E-state index contributed by atoms with van der Waals surface area (Å²) in [6.07, 6.45) is -4.92. The molecule has 0 bridgehead atoms. The van der Waals surface area contributed by atoms with Gasteiger partial charge in [0, 0.05) is 9.92 Å². The monoisotopic (exact) mass is 300 g/mol. The van der Waals surface area contributed by atoms with Crippen LogP contribution in [0.1, 0.15) is 0 Å². The van der Waals surface area contributed by atoms with E-state index < -0.39 is 34.6 Å². The standard InChI is InChI=1S/C10H8ClF3O3S/c11-6-1-3-7(4-2-6)18(17)5-8(9(15)16)10(12,13)14/h1-4,8H,5H2,(H,15,16). The summed E-state index contributed by atoms with van der Waals surface area (Å²) in [5.74, 6) is -5.70. The Morgan fingerprint density at radius 2 is 1.83 bits per heavy atom. The third-order valence-electron chi connectivity index (χ3n) is 2.09. The van der Waals surface area contributed by atoms with Crippen LogP contribution in [0, 0.1) is 5.92 Å². The van der Waals surface area contributed by atoms with Gasteiger partial charge in [0.05, 0.1) is 16.6 Å². The summed E-state index contributed by atoms with van der Waals surface area (Å²) in [5, 5.41) is 8.82. The summed E-state index contributed by atoms with van der Waals surface area (Å²) in [6, 6.07) is 5.35. The smallest absolute Gasteiger partial charge is 0.403 e. The van der Waals surface area contributed by atoms with E-state index in [1.807, 2.05) is 0 Å². The highest BCUT2D eigenvalue weighted by Crippen LogP contribution is 2.28. The van der Waals surface area contributed by atoms with Gasteiger partial charge in [-0.15, -0.1) is 0 Å². The third kappa shape index (κ3) is 3.99. The predicted molar refractivity (Wildman–Crippen MR) is 59.9 cm³/mol. The van der Waals surface area contributed by atoms with Crippen molar-refractivity contribution in [2.75, 3.05) is 5.75 Å². The summed E-state index contributed by atoms with van der Waals surface area (Å²) < 4.78 is 48.7. The van der Waals surface area contributed by atoms with Crippen molar-refractivity contribution in [3.63, 3.8) is 0 Å². The molecule has 0 aliphatic heterocycles. The Hall–Kier alpha value is -1.08. The molecule has 2 unspecified atom stereocenters. The highest BCUT2D eigenvalue weighted by Gasteiger charge is 2.46. The lowest BCUT2D eigenvalue weighted by atomic mass is 10.2. The van der Waals surface area contributed by atoms with Crippen LogP contribution in [-0.2, 0) is 15.6 Å². The van der Waals surface area contributed by atoms with Crippen molar-refractivity contribution in [2.45, 2.75) is 11.1 Å². The lowest BCUT2D eigenvalue weighted by Crippen LogP contribution is -2.35. The molecule has 0 aliphatic rings. The van der Waals surface area contributed by atoms with E-state index in [2.05, 4.69) is 0 Å². The molecule has 0 aromatic heterocycles. The second kappa shape index (κ2) is 5.71. The molecule has 0 aliphatic carbocycles. The number of halogens is 4. The highest BCUT2D eigenvalue weighted by atomic mass is 35.5. The first-order valence-corrected chi connectivity index (χ1v) is 6.35. The lowest BCUT2D eigenvalue weighted by Gasteiger charge is -2.15.